The molecule has 1 saturated carbocycles. The van der Waals surface area contributed by atoms with Crippen LogP contribution in [-0.4, -0.2) is 29.3 Å². The molecule has 0 unspecified atom stereocenters. The number of aliphatic hydroxyl groups excluding tert-OH is 1. The van der Waals surface area contributed by atoms with Crippen LogP contribution in [0.2, 0.25) is 0 Å². The fourth-order valence-corrected chi connectivity index (χ4v) is 1.36. The van der Waals surface area contributed by atoms with Crippen molar-refractivity contribution < 1.29 is 23.1 Å². The zero-order chi connectivity index (χ0) is 10.1. The first kappa shape index (κ1) is 10.3. The maximum atomic E-state index is 11.7. The molecule has 0 saturated heterocycles. The Morgan fingerprint density at radius 1 is 1.38 bits per heavy atom. The first-order valence-electron chi connectivity index (χ1n) is 3.95. The minimum absolute atomic E-state index is 0.210. The van der Waals surface area contributed by atoms with Crippen molar-refractivity contribution >= 4 is 5.91 Å². The van der Waals surface area contributed by atoms with Crippen LogP contribution >= 0.6 is 0 Å². The monoisotopic (exact) mass is 197 g/mol. The molecule has 13 heavy (non-hydrogen) atoms. The van der Waals surface area contributed by atoms with Gasteiger partial charge >= 0.3 is 12.1 Å². The topological polar surface area (TPSA) is 49.3 Å². The lowest BCUT2D eigenvalue weighted by Crippen LogP contribution is -2.42. The molecule has 0 aliphatic heterocycles. The number of carbonyl (C=O) groups excluding carboxylic acids is 1. The Balaban J connectivity index is 2.37. The molecule has 6 heteroatoms. The summed E-state index contributed by atoms with van der Waals surface area (Å²) in [6.07, 6.45) is -4.35. The molecule has 2 N–H and O–H groups in total. The van der Waals surface area contributed by atoms with E-state index in [0.29, 0.717) is 12.8 Å². The van der Waals surface area contributed by atoms with Gasteiger partial charge in [0.25, 0.3) is 0 Å². The molecule has 1 rings (SSSR count). The molecule has 0 heterocycles. The van der Waals surface area contributed by atoms with Crippen LogP contribution in [0.5, 0.6) is 0 Å². The Bertz CT molecular complexity index is 204. The Kier molecular flexibility index (Phi) is 2.80. The van der Waals surface area contributed by atoms with E-state index in [1.807, 2.05) is 5.32 Å². The number of hydrogen-bond donors (Lipinski definition) is 2. The summed E-state index contributed by atoms with van der Waals surface area (Å²) in [6, 6.07) is -0.538. The Morgan fingerprint density at radius 3 is 2.38 bits per heavy atom. The van der Waals surface area contributed by atoms with Crippen LogP contribution < -0.4 is 5.32 Å². The van der Waals surface area contributed by atoms with Crippen molar-refractivity contribution in [2.75, 3.05) is 0 Å². The normalized spacial score (nSPS) is 28.9. The minimum Gasteiger partial charge on any atom is -0.393 e. The first-order valence-corrected chi connectivity index (χ1v) is 3.95. The Hall–Kier alpha value is -0.780. The van der Waals surface area contributed by atoms with Gasteiger partial charge in [-0.25, -0.2) is 0 Å². The average Bonchev–Trinajstić information content (AvgIpc) is 2.33. The van der Waals surface area contributed by atoms with E-state index < -0.39 is 24.2 Å². The van der Waals surface area contributed by atoms with Crippen LogP contribution in [0.3, 0.4) is 0 Å². The summed E-state index contributed by atoms with van der Waals surface area (Å²) in [5.74, 6) is -1.92. The second-order valence-electron chi connectivity index (χ2n) is 3.14. The summed E-state index contributed by atoms with van der Waals surface area (Å²) in [5.41, 5.74) is 0. The number of carbonyl (C=O) groups is 1. The molecule has 0 spiro atoms. The maximum Gasteiger partial charge on any atom is 0.471 e. The molecule has 1 amide bonds. The number of hydrogen-bond acceptors (Lipinski definition) is 2. The largest absolute Gasteiger partial charge is 0.471 e. The molecule has 0 bridgehead atoms. The number of nitrogens with one attached hydrogen (secondary N) is 1. The van der Waals surface area contributed by atoms with Crippen LogP contribution in [-0.2, 0) is 4.79 Å². The minimum atomic E-state index is -4.83. The highest BCUT2D eigenvalue weighted by Gasteiger charge is 2.40. The molecule has 0 aromatic heterocycles. The summed E-state index contributed by atoms with van der Waals surface area (Å²) in [7, 11) is 0. The van der Waals surface area contributed by atoms with E-state index in [2.05, 4.69) is 0 Å². The van der Waals surface area contributed by atoms with Crippen molar-refractivity contribution in [2.45, 2.75) is 37.6 Å². The van der Waals surface area contributed by atoms with Gasteiger partial charge in [0, 0.05) is 6.04 Å². The van der Waals surface area contributed by atoms with E-state index in [1.165, 1.54) is 0 Å². The molecule has 1 aliphatic rings. The van der Waals surface area contributed by atoms with E-state index >= 15 is 0 Å². The second kappa shape index (κ2) is 3.53. The Labute approximate surface area is 72.9 Å². The summed E-state index contributed by atoms with van der Waals surface area (Å²) in [4.78, 5) is 10.4. The van der Waals surface area contributed by atoms with E-state index in [9.17, 15) is 18.0 Å². The van der Waals surface area contributed by atoms with Gasteiger partial charge in [-0.1, -0.05) is 0 Å². The first-order chi connectivity index (χ1) is 5.89. The van der Waals surface area contributed by atoms with Crippen molar-refractivity contribution in [1.82, 2.24) is 5.32 Å². The van der Waals surface area contributed by atoms with Crippen molar-refractivity contribution in [2.24, 2.45) is 0 Å². The SMILES string of the molecule is O=C(N[C@H]1CC[C@@H](O)C1)C(F)(F)F. The van der Waals surface area contributed by atoms with Crippen molar-refractivity contribution in [3.63, 3.8) is 0 Å². The lowest BCUT2D eigenvalue weighted by Gasteiger charge is -2.13. The third-order valence-corrected chi connectivity index (χ3v) is 2.00. The van der Waals surface area contributed by atoms with E-state index in [0.717, 1.165) is 0 Å². The predicted molar refractivity (Wildman–Crippen MR) is 37.8 cm³/mol. The lowest BCUT2D eigenvalue weighted by atomic mass is 10.2. The van der Waals surface area contributed by atoms with Crippen molar-refractivity contribution in [3.8, 4) is 0 Å². The van der Waals surface area contributed by atoms with Gasteiger partial charge in [-0.3, -0.25) is 4.79 Å². The molecular formula is C7H10F3NO2. The quantitative estimate of drug-likeness (QED) is 0.646. The predicted octanol–water partition coefficient (Wildman–Crippen LogP) is 0.578. The molecule has 0 radical (unpaired) electrons. The summed E-state index contributed by atoms with van der Waals surface area (Å²) in [6.45, 7) is 0. The smallest absolute Gasteiger partial charge is 0.393 e. The average molecular weight is 197 g/mol. The van der Waals surface area contributed by atoms with E-state index in [-0.39, 0.29) is 6.42 Å². The zero-order valence-electron chi connectivity index (χ0n) is 6.77. The molecule has 1 aliphatic carbocycles. The number of rotatable bonds is 1. The third-order valence-electron chi connectivity index (χ3n) is 2.00. The van der Waals surface area contributed by atoms with Gasteiger partial charge in [-0.15, -0.1) is 0 Å². The highest BCUT2D eigenvalue weighted by molar-refractivity contribution is 5.81. The summed E-state index contributed by atoms with van der Waals surface area (Å²) in [5, 5.41) is 10.8. The number of aliphatic hydroxyl groups is 1. The highest BCUT2D eigenvalue weighted by atomic mass is 19.4. The van der Waals surface area contributed by atoms with Crippen LogP contribution in [0.4, 0.5) is 13.2 Å². The van der Waals surface area contributed by atoms with Crippen molar-refractivity contribution in [3.05, 3.63) is 0 Å². The highest BCUT2D eigenvalue weighted by Crippen LogP contribution is 2.21. The Morgan fingerprint density at radius 2 is 2.00 bits per heavy atom. The maximum absolute atomic E-state index is 11.7. The van der Waals surface area contributed by atoms with E-state index in [4.69, 9.17) is 5.11 Å². The van der Waals surface area contributed by atoms with Gasteiger partial charge in [-0.05, 0) is 19.3 Å². The lowest BCUT2D eigenvalue weighted by molar-refractivity contribution is -0.174. The van der Waals surface area contributed by atoms with E-state index in [1.54, 1.807) is 0 Å². The summed E-state index contributed by atoms with van der Waals surface area (Å²) >= 11 is 0. The molecule has 0 aromatic carbocycles. The zero-order valence-corrected chi connectivity index (χ0v) is 6.77. The van der Waals surface area contributed by atoms with Gasteiger partial charge in [0.15, 0.2) is 0 Å². The summed E-state index contributed by atoms with van der Waals surface area (Å²) < 4.78 is 35.2. The third kappa shape index (κ3) is 2.87. The second-order valence-corrected chi connectivity index (χ2v) is 3.14. The van der Waals surface area contributed by atoms with Crippen LogP contribution in [0.15, 0.2) is 0 Å². The molecule has 76 valence electrons. The van der Waals surface area contributed by atoms with Gasteiger partial charge < -0.3 is 10.4 Å². The molecule has 3 nitrogen and oxygen atoms in total. The van der Waals surface area contributed by atoms with Crippen molar-refractivity contribution in [1.29, 1.82) is 0 Å². The molecule has 0 aromatic rings. The standard InChI is InChI=1S/C7H10F3NO2/c8-7(9,10)6(13)11-4-1-2-5(12)3-4/h4-5,12H,1-3H2,(H,11,13)/t4-,5+/m0/s1. The van der Waals surface area contributed by atoms with Gasteiger partial charge in [0.2, 0.25) is 0 Å². The number of alkyl halides is 3. The molecule has 2 atom stereocenters. The van der Waals surface area contributed by atoms with Crippen LogP contribution in [0.1, 0.15) is 19.3 Å². The van der Waals surface area contributed by atoms with Crippen LogP contribution in [0.25, 0.3) is 0 Å². The fourth-order valence-electron chi connectivity index (χ4n) is 1.36. The molecular weight excluding hydrogens is 187 g/mol. The number of halogens is 3. The fraction of sp³-hybridized carbons (Fsp3) is 0.857. The van der Waals surface area contributed by atoms with Gasteiger partial charge in [0.1, 0.15) is 0 Å². The number of amides is 1. The molecule has 1 fully saturated rings. The van der Waals surface area contributed by atoms with Gasteiger partial charge in [0.05, 0.1) is 6.10 Å². The van der Waals surface area contributed by atoms with Crippen LogP contribution in [0, 0.1) is 0 Å². The van der Waals surface area contributed by atoms with Gasteiger partial charge in [-0.2, -0.15) is 13.2 Å².